The van der Waals surface area contributed by atoms with Gasteiger partial charge in [-0.25, -0.2) is 12.7 Å². The summed E-state index contributed by atoms with van der Waals surface area (Å²) in [6, 6.07) is 9.51. The quantitative estimate of drug-likeness (QED) is 0.598. The van der Waals surface area contributed by atoms with E-state index >= 15 is 0 Å². The molecule has 1 aliphatic heterocycles. The van der Waals surface area contributed by atoms with Crippen LogP contribution in [0.25, 0.3) is 0 Å². The maximum absolute atomic E-state index is 12.3. The van der Waals surface area contributed by atoms with Crippen LogP contribution in [0.1, 0.15) is 32.1 Å². The smallest absolute Gasteiger partial charge is 0.214 e. The zero-order valence-corrected chi connectivity index (χ0v) is 13.6. The number of rotatable bonds is 6. The molecule has 1 aliphatic carbocycles. The van der Waals surface area contributed by atoms with E-state index in [1.807, 2.05) is 30.3 Å². The van der Waals surface area contributed by atoms with E-state index in [-0.39, 0.29) is 5.75 Å². The first-order valence-corrected chi connectivity index (χ1v) is 9.61. The SMILES string of the molecule is O=S(=O)(CCCOc1ccccc1)N1CCC(=C2CC2)CC1. The van der Waals surface area contributed by atoms with Gasteiger partial charge in [0.15, 0.2) is 0 Å². The molecule has 1 saturated heterocycles. The Labute approximate surface area is 132 Å². The minimum Gasteiger partial charge on any atom is -0.494 e. The molecule has 0 radical (unpaired) electrons. The van der Waals surface area contributed by atoms with Crippen LogP contribution in [0.5, 0.6) is 5.75 Å². The highest BCUT2D eigenvalue weighted by Gasteiger charge is 2.28. The predicted octanol–water partition coefficient (Wildman–Crippen LogP) is 2.97. The molecule has 22 heavy (non-hydrogen) atoms. The van der Waals surface area contributed by atoms with Gasteiger partial charge in [0.25, 0.3) is 0 Å². The Morgan fingerprint density at radius 3 is 2.23 bits per heavy atom. The van der Waals surface area contributed by atoms with Crippen LogP contribution < -0.4 is 4.74 Å². The highest BCUT2D eigenvalue weighted by molar-refractivity contribution is 7.89. The van der Waals surface area contributed by atoms with Gasteiger partial charge in [0.05, 0.1) is 12.4 Å². The van der Waals surface area contributed by atoms with Gasteiger partial charge in [0.1, 0.15) is 5.75 Å². The van der Waals surface area contributed by atoms with E-state index < -0.39 is 10.0 Å². The molecule has 3 rings (SSSR count). The normalized spacial score (nSPS) is 19.3. The molecule has 5 heteroatoms. The van der Waals surface area contributed by atoms with Crippen LogP contribution in [-0.2, 0) is 10.0 Å². The van der Waals surface area contributed by atoms with Crippen molar-refractivity contribution in [3.63, 3.8) is 0 Å². The number of benzene rings is 1. The van der Waals surface area contributed by atoms with Gasteiger partial charge in [-0.15, -0.1) is 0 Å². The van der Waals surface area contributed by atoms with Crippen molar-refractivity contribution in [3.05, 3.63) is 41.5 Å². The number of allylic oxidation sites excluding steroid dienone is 1. The Bertz CT molecular complexity index is 621. The van der Waals surface area contributed by atoms with E-state index in [4.69, 9.17) is 4.74 Å². The molecule has 2 fully saturated rings. The lowest BCUT2D eigenvalue weighted by Gasteiger charge is -2.27. The van der Waals surface area contributed by atoms with Gasteiger partial charge in [0, 0.05) is 13.1 Å². The van der Waals surface area contributed by atoms with E-state index in [0.717, 1.165) is 18.6 Å². The van der Waals surface area contributed by atoms with Crippen LogP contribution in [0, 0.1) is 0 Å². The molecule has 1 saturated carbocycles. The maximum atomic E-state index is 12.3. The molecular weight excluding hydrogens is 298 g/mol. The van der Waals surface area contributed by atoms with Gasteiger partial charge < -0.3 is 4.74 Å². The molecule has 120 valence electrons. The van der Waals surface area contributed by atoms with Crippen molar-refractivity contribution in [1.29, 1.82) is 0 Å². The average molecular weight is 321 g/mol. The number of piperidine rings is 1. The van der Waals surface area contributed by atoms with E-state index in [1.54, 1.807) is 9.88 Å². The molecular formula is C17H23NO3S. The molecule has 0 aromatic heterocycles. The lowest BCUT2D eigenvalue weighted by molar-refractivity contribution is 0.315. The van der Waals surface area contributed by atoms with Crippen molar-refractivity contribution in [2.24, 2.45) is 0 Å². The second-order valence-corrected chi connectivity index (χ2v) is 8.03. The molecule has 4 nitrogen and oxygen atoms in total. The zero-order valence-electron chi connectivity index (χ0n) is 12.8. The average Bonchev–Trinajstić information content (AvgIpc) is 3.38. The molecule has 0 spiro atoms. The summed E-state index contributed by atoms with van der Waals surface area (Å²) in [6.45, 7) is 1.74. The highest BCUT2D eigenvalue weighted by atomic mass is 32.2. The fourth-order valence-electron chi connectivity index (χ4n) is 2.88. The third-order valence-electron chi connectivity index (χ3n) is 4.28. The summed E-state index contributed by atoms with van der Waals surface area (Å²) in [5, 5.41) is 0. The minimum absolute atomic E-state index is 0.172. The molecule has 1 aromatic carbocycles. The van der Waals surface area contributed by atoms with Crippen molar-refractivity contribution in [1.82, 2.24) is 4.31 Å². The Morgan fingerprint density at radius 2 is 1.59 bits per heavy atom. The number of para-hydroxylation sites is 1. The van der Waals surface area contributed by atoms with E-state index in [1.165, 1.54) is 18.4 Å². The van der Waals surface area contributed by atoms with Crippen molar-refractivity contribution in [2.75, 3.05) is 25.4 Å². The number of hydrogen-bond donors (Lipinski definition) is 0. The van der Waals surface area contributed by atoms with E-state index in [0.29, 0.717) is 26.1 Å². The van der Waals surface area contributed by atoms with Crippen LogP contribution in [0.2, 0.25) is 0 Å². The van der Waals surface area contributed by atoms with Gasteiger partial charge in [-0.1, -0.05) is 29.3 Å². The largest absolute Gasteiger partial charge is 0.494 e. The van der Waals surface area contributed by atoms with Gasteiger partial charge in [-0.05, 0) is 44.2 Å². The lowest BCUT2D eigenvalue weighted by Crippen LogP contribution is -2.38. The Kier molecular flexibility index (Phi) is 4.84. The molecule has 1 aromatic rings. The van der Waals surface area contributed by atoms with Crippen molar-refractivity contribution < 1.29 is 13.2 Å². The summed E-state index contributed by atoms with van der Waals surface area (Å²) in [4.78, 5) is 0. The standard InChI is InChI=1S/C17H23NO3S/c19-22(20,14-4-13-21-17-5-2-1-3-6-17)18-11-9-16(10-12-18)15-7-8-15/h1-3,5-6H,4,7-14H2. The van der Waals surface area contributed by atoms with Crippen LogP contribution >= 0.6 is 0 Å². The summed E-state index contributed by atoms with van der Waals surface area (Å²) in [5.74, 6) is 0.963. The monoisotopic (exact) mass is 321 g/mol. The predicted molar refractivity (Wildman–Crippen MR) is 87.4 cm³/mol. The Morgan fingerprint density at radius 1 is 0.955 bits per heavy atom. The van der Waals surface area contributed by atoms with Gasteiger partial charge in [-0.2, -0.15) is 0 Å². The first-order valence-electron chi connectivity index (χ1n) is 8.00. The third-order valence-corrected chi connectivity index (χ3v) is 6.23. The van der Waals surface area contributed by atoms with Crippen molar-refractivity contribution >= 4 is 10.0 Å². The summed E-state index contributed by atoms with van der Waals surface area (Å²) < 4.78 is 31.9. The Balaban J connectivity index is 1.42. The highest BCUT2D eigenvalue weighted by Crippen LogP contribution is 2.36. The summed E-state index contributed by atoms with van der Waals surface area (Å²) >= 11 is 0. The van der Waals surface area contributed by atoms with Gasteiger partial charge in [0.2, 0.25) is 10.0 Å². The molecule has 1 heterocycles. The number of nitrogens with zero attached hydrogens (tertiary/aromatic N) is 1. The molecule has 0 N–H and O–H groups in total. The number of hydrogen-bond acceptors (Lipinski definition) is 3. The second kappa shape index (κ2) is 6.84. The first-order chi connectivity index (χ1) is 10.6. The zero-order chi connectivity index (χ0) is 15.4. The summed E-state index contributed by atoms with van der Waals surface area (Å²) in [5.41, 5.74) is 3.09. The van der Waals surface area contributed by atoms with Gasteiger partial charge >= 0.3 is 0 Å². The van der Waals surface area contributed by atoms with E-state index in [2.05, 4.69) is 0 Å². The topological polar surface area (TPSA) is 46.6 Å². The lowest BCUT2D eigenvalue weighted by atomic mass is 10.1. The first kappa shape index (κ1) is 15.6. The summed E-state index contributed by atoms with van der Waals surface area (Å²) in [7, 11) is -3.14. The van der Waals surface area contributed by atoms with Crippen molar-refractivity contribution in [2.45, 2.75) is 32.1 Å². The van der Waals surface area contributed by atoms with Crippen molar-refractivity contribution in [3.8, 4) is 5.75 Å². The summed E-state index contributed by atoms with van der Waals surface area (Å²) in [6.07, 6.45) is 4.85. The number of sulfonamides is 1. The fourth-order valence-corrected chi connectivity index (χ4v) is 4.36. The van der Waals surface area contributed by atoms with Crippen LogP contribution in [0.15, 0.2) is 41.5 Å². The van der Waals surface area contributed by atoms with Crippen LogP contribution in [0.3, 0.4) is 0 Å². The van der Waals surface area contributed by atoms with Crippen LogP contribution in [0.4, 0.5) is 0 Å². The Hall–Kier alpha value is -1.33. The van der Waals surface area contributed by atoms with Crippen LogP contribution in [-0.4, -0.2) is 38.2 Å². The molecule has 0 atom stereocenters. The van der Waals surface area contributed by atoms with E-state index in [9.17, 15) is 8.42 Å². The number of ether oxygens (including phenoxy) is 1. The molecule has 0 bridgehead atoms. The van der Waals surface area contributed by atoms with Gasteiger partial charge in [-0.3, -0.25) is 0 Å². The third kappa shape index (κ3) is 4.11. The molecule has 0 amide bonds. The maximum Gasteiger partial charge on any atom is 0.214 e. The molecule has 2 aliphatic rings. The minimum atomic E-state index is -3.14. The molecule has 0 unspecified atom stereocenters. The fraction of sp³-hybridized carbons (Fsp3) is 0.529. The second-order valence-electron chi connectivity index (χ2n) is 5.94.